The number of aliphatic hydroxyl groups excluding tert-OH is 2. The van der Waals surface area contributed by atoms with Crippen LogP contribution in [0.4, 0.5) is 4.39 Å². The van der Waals surface area contributed by atoms with E-state index < -0.39 is 69.6 Å². The fourth-order valence-electron chi connectivity index (χ4n) is 6.39. The van der Waals surface area contributed by atoms with Gasteiger partial charge in [0, 0.05) is 35.2 Å². The third kappa shape index (κ3) is 4.14. The number of aromatic hydroxyl groups is 1. The van der Waals surface area contributed by atoms with Crippen molar-refractivity contribution in [1.82, 2.24) is 9.80 Å². The lowest BCUT2D eigenvalue weighted by atomic mass is 9.58. The van der Waals surface area contributed by atoms with Gasteiger partial charge in [0.1, 0.15) is 28.7 Å². The highest BCUT2D eigenvalue weighted by Crippen LogP contribution is 2.52. The van der Waals surface area contributed by atoms with Crippen LogP contribution in [0.15, 0.2) is 28.7 Å². The molecule has 0 radical (unpaired) electrons. The zero-order valence-corrected chi connectivity index (χ0v) is 22.9. The molecule has 0 saturated carbocycles. The van der Waals surface area contributed by atoms with Crippen LogP contribution in [0.1, 0.15) is 48.7 Å². The molecule has 39 heavy (non-hydrogen) atoms. The fourth-order valence-corrected chi connectivity index (χ4v) is 6.39. The number of Topliss-reactive ketones (excluding diaryl/α,β-unsaturated/α-hetero) is 2. The predicted octanol–water partition coefficient (Wildman–Crippen LogP) is 1.74. The van der Waals surface area contributed by atoms with Crippen molar-refractivity contribution in [3.63, 3.8) is 0 Å². The number of nitrogens with zero attached hydrogens (tertiary/aromatic N) is 2. The summed E-state index contributed by atoms with van der Waals surface area (Å²) < 4.78 is 15.9. The zero-order chi connectivity index (χ0) is 29.3. The number of phenols is 1. The minimum Gasteiger partial charge on any atom is -0.510 e. The maximum atomic E-state index is 15.9. The van der Waals surface area contributed by atoms with E-state index in [2.05, 4.69) is 0 Å². The number of carbonyl (C=O) groups excluding carboxylic acids is 3. The Bertz CT molecular complexity index is 1330. The molecule has 0 spiro atoms. The lowest BCUT2D eigenvalue weighted by Gasteiger charge is -2.50. The highest BCUT2D eigenvalue weighted by molar-refractivity contribution is 6.24. The van der Waals surface area contributed by atoms with Crippen LogP contribution in [0.3, 0.4) is 0 Å². The Balaban J connectivity index is 1.86. The Kier molecular flexibility index (Phi) is 7.16. The molecule has 5 atom stereocenters. The summed E-state index contributed by atoms with van der Waals surface area (Å²) in [6.07, 6.45) is -0.189. The average molecular weight is 546 g/mol. The number of hydrogen-bond donors (Lipinski definition) is 5. The molecule has 1 aromatic carbocycles. The van der Waals surface area contributed by atoms with Crippen molar-refractivity contribution in [3.8, 4) is 5.75 Å². The SMILES string of the molecule is CC(C)[C@H](C)N(C)Cc1cc(O)c2c(c1F)C[C@H]1C[C@H]3[C@H](N(C)C)C(O)=C(C(N)=O)C(=O)[C@@]3(O)C(O)=C1C2=O. The lowest BCUT2D eigenvalue weighted by Crippen LogP contribution is -2.63. The Morgan fingerprint density at radius 1 is 1.18 bits per heavy atom. The lowest BCUT2D eigenvalue weighted by molar-refractivity contribution is -0.148. The molecule has 0 aliphatic heterocycles. The summed E-state index contributed by atoms with van der Waals surface area (Å²) >= 11 is 0. The number of halogens is 1. The van der Waals surface area contributed by atoms with E-state index in [4.69, 9.17) is 5.73 Å². The van der Waals surface area contributed by atoms with Crippen molar-refractivity contribution >= 4 is 17.5 Å². The molecular formula is C28H36FN3O7. The summed E-state index contributed by atoms with van der Waals surface area (Å²) in [6, 6.07) is 0.198. The van der Waals surface area contributed by atoms with Crippen molar-refractivity contribution in [2.24, 2.45) is 23.5 Å². The van der Waals surface area contributed by atoms with Gasteiger partial charge in [-0.15, -0.1) is 0 Å². The summed E-state index contributed by atoms with van der Waals surface area (Å²) in [7, 11) is 4.94. The molecule has 0 saturated heterocycles. The first-order chi connectivity index (χ1) is 18.0. The van der Waals surface area contributed by atoms with Crippen LogP contribution in [0.2, 0.25) is 0 Å². The topological polar surface area (TPSA) is 165 Å². The van der Waals surface area contributed by atoms with Crippen LogP contribution in [0.25, 0.3) is 0 Å². The summed E-state index contributed by atoms with van der Waals surface area (Å²) in [5.74, 6) is -7.95. The van der Waals surface area contributed by atoms with Gasteiger partial charge in [-0.2, -0.15) is 0 Å². The first-order valence-electron chi connectivity index (χ1n) is 12.9. The second-order valence-corrected chi connectivity index (χ2v) is 11.6. The summed E-state index contributed by atoms with van der Waals surface area (Å²) in [6.45, 7) is 6.28. The number of carbonyl (C=O) groups is 3. The van der Waals surface area contributed by atoms with Crippen LogP contribution in [-0.2, 0) is 22.6 Å². The first-order valence-corrected chi connectivity index (χ1v) is 12.9. The van der Waals surface area contributed by atoms with E-state index in [1.165, 1.54) is 11.0 Å². The van der Waals surface area contributed by atoms with Crippen LogP contribution >= 0.6 is 0 Å². The van der Waals surface area contributed by atoms with E-state index in [0.717, 1.165) is 0 Å². The maximum absolute atomic E-state index is 15.9. The van der Waals surface area contributed by atoms with E-state index in [-0.39, 0.29) is 47.7 Å². The summed E-state index contributed by atoms with van der Waals surface area (Å²) in [5, 5.41) is 44.6. The number of benzene rings is 1. The number of likely N-dealkylation sites (N-methyl/N-ethyl adjacent to an activating group) is 1. The highest BCUT2D eigenvalue weighted by Gasteiger charge is 2.63. The van der Waals surface area contributed by atoms with E-state index >= 15 is 4.39 Å². The van der Waals surface area contributed by atoms with Gasteiger partial charge in [0.15, 0.2) is 11.4 Å². The predicted molar refractivity (Wildman–Crippen MR) is 139 cm³/mol. The minimum atomic E-state index is -2.73. The van der Waals surface area contributed by atoms with Gasteiger partial charge in [0.25, 0.3) is 5.91 Å². The number of rotatable bonds is 6. The normalized spacial score (nSPS) is 27.7. The molecule has 1 amide bonds. The van der Waals surface area contributed by atoms with Crippen LogP contribution in [-0.4, -0.2) is 86.5 Å². The van der Waals surface area contributed by atoms with Crippen molar-refractivity contribution < 1.29 is 39.2 Å². The largest absolute Gasteiger partial charge is 0.510 e. The molecule has 4 rings (SSSR count). The summed E-state index contributed by atoms with van der Waals surface area (Å²) in [4.78, 5) is 42.4. The van der Waals surface area contributed by atoms with Gasteiger partial charge >= 0.3 is 0 Å². The molecule has 0 bridgehead atoms. The molecule has 3 aliphatic carbocycles. The molecule has 3 aliphatic rings. The number of amides is 1. The van der Waals surface area contributed by atoms with E-state index in [0.29, 0.717) is 5.92 Å². The maximum Gasteiger partial charge on any atom is 0.255 e. The summed E-state index contributed by atoms with van der Waals surface area (Å²) in [5.41, 5.74) is 1.28. The molecule has 0 unspecified atom stereocenters. The number of allylic oxidation sites excluding steroid dienone is 1. The highest BCUT2D eigenvalue weighted by atomic mass is 19.1. The van der Waals surface area contributed by atoms with Gasteiger partial charge in [0.05, 0.1) is 11.6 Å². The monoisotopic (exact) mass is 545 g/mol. The first kappa shape index (κ1) is 28.7. The fraction of sp³-hybridized carbons (Fsp3) is 0.536. The van der Waals surface area contributed by atoms with Gasteiger partial charge in [-0.1, -0.05) is 13.8 Å². The molecule has 0 fully saturated rings. The van der Waals surface area contributed by atoms with E-state index in [1.807, 2.05) is 32.7 Å². The van der Waals surface area contributed by atoms with Crippen LogP contribution in [0.5, 0.6) is 5.75 Å². The average Bonchev–Trinajstić information content (AvgIpc) is 2.83. The standard InChI is InChI=1S/C28H36FN3O7/c1-11(2)12(3)32(6)10-14-9-17(33)19-15(21(14)29)7-13-8-16-22(31(4)5)24(35)20(27(30)38)26(37)28(16,39)25(36)18(13)23(19)34/h9,11-13,16,22,33,35-36,39H,7-8,10H2,1-6H3,(H2,30,38)/t12-,13-,16-,22-,28-/m0/s1. The third-order valence-electron chi connectivity index (χ3n) is 8.81. The second kappa shape index (κ2) is 9.72. The van der Waals surface area contributed by atoms with E-state index in [1.54, 1.807) is 14.1 Å². The number of ketones is 2. The molecule has 0 aromatic heterocycles. The Labute approximate surface area is 226 Å². The number of nitrogens with two attached hydrogens (primary N) is 1. The van der Waals surface area contributed by atoms with Crippen LogP contribution < -0.4 is 5.73 Å². The van der Waals surface area contributed by atoms with Crippen molar-refractivity contribution in [3.05, 3.63) is 51.2 Å². The quantitative estimate of drug-likeness (QED) is 0.335. The van der Waals surface area contributed by atoms with Crippen LogP contribution in [0, 0.1) is 23.6 Å². The van der Waals surface area contributed by atoms with Gasteiger partial charge in [-0.3, -0.25) is 24.2 Å². The molecule has 6 N–H and O–H groups in total. The molecule has 0 heterocycles. The van der Waals surface area contributed by atoms with Crippen molar-refractivity contribution in [2.45, 2.75) is 57.8 Å². The van der Waals surface area contributed by atoms with Gasteiger partial charge in [0.2, 0.25) is 5.78 Å². The molecule has 1 aromatic rings. The van der Waals surface area contributed by atoms with Gasteiger partial charge in [-0.25, -0.2) is 4.39 Å². The molecule has 10 nitrogen and oxygen atoms in total. The molecule has 212 valence electrons. The zero-order valence-electron chi connectivity index (χ0n) is 22.9. The van der Waals surface area contributed by atoms with Crippen molar-refractivity contribution in [1.29, 1.82) is 0 Å². The smallest absolute Gasteiger partial charge is 0.255 e. The molecule has 11 heteroatoms. The number of aliphatic hydroxyl groups is 3. The molecular weight excluding hydrogens is 509 g/mol. The van der Waals surface area contributed by atoms with E-state index in [9.17, 15) is 34.8 Å². The number of primary amides is 1. The number of hydrogen-bond acceptors (Lipinski definition) is 9. The Hall–Kier alpha value is -3.28. The second-order valence-electron chi connectivity index (χ2n) is 11.6. The van der Waals surface area contributed by atoms with Crippen molar-refractivity contribution in [2.75, 3.05) is 21.1 Å². The van der Waals surface area contributed by atoms with Gasteiger partial charge in [-0.05, 0) is 58.8 Å². The third-order valence-corrected chi connectivity index (χ3v) is 8.81. The Morgan fingerprint density at radius 2 is 1.79 bits per heavy atom. The Morgan fingerprint density at radius 3 is 2.33 bits per heavy atom. The number of phenolic OH excluding ortho intramolecular Hbond substituents is 1. The number of fused-ring (bicyclic) bond motifs is 3. The minimum absolute atomic E-state index is 0.00582. The van der Waals surface area contributed by atoms with Gasteiger partial charge < -0.3 is 26.2 Å².